The van der Waals surface area contributed by atoms with Crippen LogP contribution in [0.3, 0.4) is 0 Å². The fraction of sp³-hybridized carbons (Fsp3) is 0.400. The lowest BCUT2D eigenvalue weighted by Gasteiger charge is -2.34. The highest BCUT2D eigenvalue weighted by Gasteiger charge is 2.32. The number of piperidine rings is 2. The molecular formula is C35H37FN4O5. The third-order valence-corrected chi connectivity index (χ3v) is 8.83. The van der Waals surface area contributed by atoms with Crippen LogP contribution in [0.2, 0.25) is 0 Å². The number of nitrogens with zero attached hydrogens (tertiary/aromatic N) is 4. The molecule has 10 heteroatoms. The summed E-state index contributed by atoms with van der Waals surface area (Å²) in [4.78, 5) is 47.0. The number of nitriles is 1. The molecule has 9 nitrogen and oxygen atoms in total. The fourth-order valence-electron chi connectivity index (χ4n) is 6.13. The predicted octanol–water partition coefficient (Wildman–Crippen LogP) is 5.14. The monoisotopic (exact) mass is 612 g/mol. The minimum atomic E-state index is -1.16. The van der Waals surface area contributed by atoms with Gasteiger partial charge in [-0.3, -0.25) is 24.3 Å². The first-order valence-corrected chi connectivity index (χ1v) is 15.2. The minimum absolute atomic E-state index is 0.0679. The van der Waals surface area contributed by atoms with Crippen molar-refractivity contribution < 1.29 is 28.2 Å². The van der Waals surface area contributed by atoms with Gasteiger partial charge in [-0.25, -0.2) is 4.39 Å². The Labute approximate surface area is 262 Å². The summed E-state index contributed by atoms with van der Waals surface area (Å²) in [6, 6.07) is 17.7. The van der Waals surface area contributed by atoms with Crippen molar-refractivity contribution in [2.24, 2.45) is 11.8 Å². The minimum Gasteiger partial charge on any atom is -0.497 e. The third kappa shape index (κ3) is 7.55. The van der Waals surface area contributed by atoms with Crippen molar-refractivity contribution in [1.29, 1.82) is 5.26 Å². The van der Waals surface area contributed by atoms with Gasteiger partial charge in [-0.2, -0.15) is 5.26 Å². The average Bonchev–Trinajstić information content (AvgIpc) is 3.09. The number of benzene rings is 2. The number of alkyl halides is 1. The smallest absolute Gasteiger partial charge is 0.272 e. The molecule has 3 heterocycles. The number of Topliss-reactive ketones (excluding diaryl/α,β-unsaturated/α-hetero) is 2. The zero-order valence-corrected chi connectivity index (χ0v) is 25.6. The van der Waals surface area contributed by atoms with Crippen LogP contribution in [0.15, 0.2) is 60.8 Å². The highest BCUT2D eigenvalue weighted by Crippen LogP contribution is 2.28. The van der Waals surface area contributed by atoms with E-state index in [4.69, 9.17) is 9.47 Å². The second-order valence-corrected chi connectivity index (χ2v) is 11.7. The number of pyridine rings is 1. The van der Waals surface area contributed by atoms with Gasteiger partial charge in [0.25, 0.3) is 5.91 Å². The van der Waals surface area contributed by atoms with E-state index in [0.29, 0.717) is 73.6 Å². The van der Waals surface area contributed by atoms with E-state index in [0.717, 1.165) is 5.56 Å². The molecule has 0 aliphatic carbocycles. The Bertz CT molecular complexity index is 1560. The maximum Gasteiger partial charge on any atom is 0.272 e. The fourth-order valence-corrected chi connectivity index (χ4v) is 6.13. The number of carbonyl (C=O) groups excluding carboxylic acids is 3. The van der Waals surface area contributed by atoms with Gasteiger partial charge in [0.05, 0.1) is 19.8 Å². The van der Waals surface area contributed by atoms with Crippen LogP contribution in [-0.4, -0.2) is 78.8 Å². The number of carbonyl (C=O) groups is 3. The van der Waals surface area contributed by atoms with E-state index in [1.54, 1.807) is 60.5 Å². The normalized spacial score (nSPS) is 19.0. The highest BCUT2D eigenvalue weighted by atomic mass is 19.1. The molecule has 5 rings (SSSR count). The van der Waals surface area contributed by atoms with Gasteiger partial charge in [-0.1, -0.05) is 6.07 Å². The van der Waals surface area contributed by atoms with Crippen LogP contribution in [-0.2, 0) is 6.54 Å². The summed E-state index contributed by atoms with van der Waals surface area (Å²) in [7, 11) is 3.09. The number of ether oxygens (including phenoxy) is 2. The molecule has 2 atom stereocenters. The Morgan fingerprint density at radius 2 is 1.69 bits per heavy atom. The second kappa shape index (κ2) is 14.4. The number of ketones is 2. The molecule has 2 aliphatic heterocycles. The van der Waals surface area contributed by atoms with E-state index in [1.807, 2.05) is 11.0 Å². The molecule has 234 valence electrons. The number of hydrogen-bond donors (Lipinski definition) is 0. The predicted molar refractivity (Wildman–Crippen MR) is 165 cm³/mol. The Morgan fingerprint density at radius 1 is 0.956 bits per heavy atom. The lowest BCUT2D eigenvalue weighted by atomic mass is 9.88. The van der Waals surface area contributed by atoms with Gasteiger partial charge in [0, 0.05) is 55.8 Å². The number of methoxy groups -OCH3 is 2. The number of halogens is 1. The Kier molecular flexibility index (Phi) is 10.2. The van der Waals surface area contributed by atoms with E-state index in [-0.39, 0.29) is 42.1 Å². The molecule has 1 aromatic heterocycles. The van der Waals surface area contributed by atoms with Gasteiger partial charge < -0.3 is 14.4 Å². The standard InChI is InChI=1S/C35H37FN4O5/c1-44-29-7-4-24(5-8-29)34(42)25-12-15-40(16-13-25)35(43)31-9-6-27(20-38-31)32(41)18-26-11-14-39(22-30(26)36)21-23-3-10-33(45-2)28(17-23)19-37/h3-10,17,20,25-26,30H,11-16,18,21-22H2,1-2H3/t26?,30-/m1/s1. The summed E-state index contributed by atoms with van der Waals surface area (Å²) in [6.07, 6.45) is 1.98. The quantitative estimate of drug-likeness (QED) is 0.290. The number of aromatic nitrogens is 1. The van der Waals surface area contributed by atoms with Crippen molar-refractivity contribution in [2.75, 3.05) is 40.4 Å². The van der Waals surface area contributed by atoms with Crippen molar-refractivity contribution in [1.82, 2.24) is 14.8 Å². The van der Waals surface area contributed by atoms with Crippen LogP contribution < -0.4 is 9.47 Å². The first-order valence-electron chi connectivity index (χ1n) is 15.2. The molecule has 0 spiro atoms. The molecule has 0 radical (unpaired) electrons. The lowest BCUT2D eigenvalue weighted by Crippen LogP contribution is -2.42. The van der Waals surface area contributed by atoms with Crippen LogP contribution in [0.5, 0.6) is 11.5 Å². The SMILES string of the molecule is COc1ccc(C(=O)C2CCN(C(=O)c3ccc(C(=O)CC4CCN(Cc5ccc(OC)c(C#N)c5)C[C@H]4F)cn3)CC2)cc1. The summed E-state index contributed by atoms with van der Waals surface area (Å²) >= 11 is 0. The van der Waals surface area contributed by atoms with E-state index in [1.165, 1.54) is 13.3 Å². The number of rotatable bonds is 10. The summed E-state index contributed by atoms with van der Waals surface area (Å²) < 4.78 is 25.5. The first-order chi connectivity index (χ1) is 21.8. The zero-order chi connectivity index (χ0) is 31.9. The molecule has 0 saturated carbocycles. The van der Waals surface area contributed by atoms with Gasteiger partial charge in [0.2, 0.25) is 0 Å². The van der Waals surface area contributed by atoms with Gasteiger partial charge in [-0.15, -0.1) is 0 Å². The molecule has 0 N–H and O–H groups in total. The van der Waals surface area contributed by atoms with Crippen molar-refractivity contribution in [3.63, 3.8) is 0 Å². The molecule has 3 aromatic rings. The maximum absolute atomic E-state index is 15.2. The molecular weight excluding hydrogens is 575 g/mol. The summed E-state index contributed by atoms with van der Waals surface area (Å²) in [5, 5.41) is 9.33. The van der Waals surface area contributed by atoms with Crippen LogP contribution in [0.1, 0.15) is 68.0 Å². The van der Waals surface area contributed by atoms with Crippen LogP contribution in [0.4, 0.5) is 4.39 Å². The largest absolute Gasteiger partial charge is 0.497 e. The van der Waals surface area contributed by atoms with Gasteiger partial charge >= 0.3 is 0 Å². The van der Waals surface area contributed by atoms with E-state index >= 15 is 4.39 Å². The number of hydrogen-bond acceptors (Lipinski definition) is 8. The molecule has 2 aromatic carbocycles. The van der Waals surface area contributed by atoms with Gasteiger partial charge in [-0.05, 0) is 85.8 Å². The van der Waals surface area contributed by atoms with Gasteiger partial charge in [0.1, 0.15) is 29.4 Å². The van der Waals surface area contributed by atoms with Crippen molar-refractivity contribution in [3.05, 3.63) is 88.7 Å². The molecule has 45 heavy (non-hydrogen) atoms. The molecule has 1 unspecified atom stereocenters. The molecule has 2 aliphatic rings. The Hall–Kier alpha value is -4.62. The molecule has 2 saturated heterocycles. The maximum atomic E-state index is 15.2. The third-order valence-electron chi connectivity index (χ3n) is 8.83. The lowest BCUT2D eigenvalue weighted by molar-refractivity contribution is 0.0644. The molecule has 1 amide bonds. The number of amides is 1. The number of likely N-dealkylation sites (tertiary alicyclic amines) is 2. The second-order valence-electron chi connectivity index (χ2n) is 11.7. The Morgan fingerprint density at radius 3 is 2.31 bits per heavy atom. The zero-order valence-electron chi connectivity index (χ0n) is 25.6. The highest BCUT2D eigenvalue weighted by molar-refractivity contribution is 5.99. The van der Waals surface area contributed by atoms with Crippen LogP contribution in [0.25, 0.3) is 0 Å². The average molecular weight is 613 g/mol. The van der Waals surface area contributed by atoms with Crippen molar-refractivity contribution in [3.8, 4) is 17.6 Å². The van der Waals surface area contributed by atoms with E-state index in [9.17, 15) is 19.6 Å². The van der Waals surface area contributed by atoms with Crippen molar-refractivity contribution >= 4 is 17.5 Å². The first kappa shape index (κ1) is 31.8. The van der Waals surface area contributed by atoms with E-state index in [2.05, 4.69) is 11.1 Å². The summed E-state index contributed by atoms with van der Waals surface area (Å²) in [6.45, 7) is 2.25. The Balaban J connectivity index is 1.09. The van der Waals surface area contributed by atoms with Gasteiger partial charge in [0.15, 0.2) is 11.6 Å². The summed E-state index contributed by atoms with van der Waals surface area (Å²) in [5.74, 6) is 0.278. The molecule has 2 fully saturated rings. The molecule has 0 bridgehead atoms. The van der Waals surface area contributed by atoms with Crippen LogP contribution >= 0.6 is 0 Å². The topological polar surface area (TPSA) is 113 Å². The van der Waals surface area contributed by atoms with Crippen molar-refractivity contribution in [2.45, 2.75) is 38.4 Å². The van der Waals surface area contributed by atoms with E-state index < -0.39 is 12.1 Å². The summed E-state index contributed by atoms with van der Waals surface area (Å²) in [5.41, 5.74) is 2.57. The van der Waals surface area contributed by atoms with Crippen LogP contribution in [0, 0.1) is 23.2 Å².